The zero-order chi connectivity index (χ0) is 25.5. The monoisotopic (exact) mass is 498 g/mol. The second-order valence-electron chi connectivity index (χ2n) is 8.35. The molecule has 0 bridgehead atoms. The summed E-state index contributed by atoms with van der Waals surface area (Å²) in [7, 11) is 0. The average molecular weight is 499 g/mol. The van der Waals surface area contributed by atoms with E-state index in [1.165, 1.54) is 36.0 Å². The highest BCUT2D eigenvalue weighted by atomic mass is 32.2. The summed E-state index contributed by atoms with van der Waals surface area (Å²) in [5.41, 5.74) is 4.88. The van der Waals surface area contributed by atoms with Crippen LogP contribution in [0.5, 0.6) is 0 Å². The average Bonchev–Trinajstić information content (AvgIpc) is 2.90. The van der Waals surface area contributed by atoms with E-state index in [1.807, 2.05) is 67.6 Å². The standard InChI is InChI=1S/C30H27FN2O2S/c1-3-21-11-7-8-20(2)27(21)33-30(35)28(22-9-5-4-6-10-22)36-26-18-16-25(17-19-26)32-29(34)23-12-14-24(31)15-13-23/h4-19,28H,3H2,1-2H3,(H,32,34)(H,33,35). The van der Waals surface area contributed by atoms with Crippen LogP contribution in [0.4, 0.5) is 15.8 Å². The molecule has 0 aliphatic rings. The molecule has 0 spiro atoms. The fourth-order valence-corrected chi connectivity index (χ4v) is 4.87. The van der Waals surface area contributed by atoms with Gasteiger partial charge in [-0.25, -0.2) is 4.39 Å². The maximum atomic E-state index is 13.5. The Morgan fingerprint density at radius 1 is 0.833 bits per heavy atom. The smallest absolute Gasteiger partial charge is 0.255 e. The van der Waals surface area contributed by atoms with E-state index in [1.54, 1.807) is 12.1 Å². The van der Waals surface area contributed by atoms with Crippen molar-refractivity contribution in [2.75, 3.05) is 10.6 Å². The fraction of sp³-hybridized carbons (Fsp3) is 0.133. The van der Waals surface area contributed by atoms with Gasteiger partial charge in [-0.1, -0.05) is 55.5 Å². The van der Waals surface area contributed by atoms with Crippen molar-refractivity contribution in [2.45, 2.75) is 30.4 Å². The van der Waals surface area contributed by atoms with Gasteiger partial charge in [0.15, 0.2) is 0 Å². The number of nitrogens with one attached hydrogen (secondary N) is 2. The van der Waals surface area contributed by atoms with Crippen molar-refractivity contribution in [2.24, 2.45) is 0 Å². The van der Waals surface area contributed by atoms with E-state index in [0.29, 0.717) is 11.3 Å². The normalized spacial score (nSPS) is 11.5. The number of hydrogen-bond donors (Lipinski definition) is 2. The summed E-state index contributed by atoms with van der Waals surface area (Å²) in [5.74, 6) is -0.802. The molecule has 4 aromatic rings. The van der Waals surface area contributed by atoms with Crippen molar-refractivity contribution in [3.8, 4) is 0 Å². The molecule has 4 nitrogen and oxygen atoms in total. The predicted octanol–water partition coefficient (Wildman–Crippen LogP) is 7.42. The summed E-state index contributed by atoms with van der Waals surface area (Å²) in [6.45, 7) is 4.07. The summed E-state index contributed by atoms with van der Waals surface area (Å²) in [6, 6.07) is 28.4. The van der Waals surface area contributed by atoms with Crippen LogP contribution in [0.15, 0.2) is 102 Å². The Morgan fingerprint density at radius 2 is 1.53 bits per heavy atom. The first-order chi connectivity index (χ1) is 17.4. The molecule has 36 heavy (non-hydrogen) atoms. The van der Waals surface area contributed by atoms with E-state index in [2.05, 4.69) is 17.6 Å². The third kappa shape index (κ3) is 6.20. The first-order valence-electron chi connectivity index (χ1n) is 11.7. The number of aryl methyl sites for hydroxylation is 2. The van der Waals surface area contributed by atoms with Gasteiger partial charge >= 0.3 is 0 Å². The maximum Gasteiger partial charge on any atom is 0.255 e. The molecule has 1 atom stereocenters. The highest BCUT2D eigenvalue weighted by Crippen LogP contribution is 2.37. The van der Waals surface area contributed by atoms with Gasteiger partial charge in [-0.05, 0) is 78.6 Å². The molecule has 4 rings (SSSR count). The lowest BCUT2D eigenvalue weighted by Gasteiger charge is -2.20. The van der Waals surface area contributed by atoms with Gasteiger partial charge in [-0.2, -0.15) is 0 Å². The Hall–Kier alpha value is -3.90. The number of rotatable bonds is 8. The zero-order valence-electron chi connectivity index (χ0n) is 20.1. The van der Waals surface area contributed by atoms with Gasteiger partial charge in [-0.15, -0.1) is 11.8 Å². The van der Waals surface area contributed by atoms with Crippen molar-refractivity contribution in [3.63, 3.8) is 0 Å². The van der Waals surface area contributed by atoms with Gasteiger partial charge in [0.1, 0.15) is 11.1 Å². The Balaban J connectivity index is 1.51. The summed E-state index contributed by atoms with van der Waals surface area (Å²) in [6.07, 6.45) is 0.825. The number of halogens is 1. The molecule has 2 N–H and O–H groups in total. The summed E-state index contributed by atoms with van der Waals surface area (Å²) in [4.78, 5) is 26.8. The number of amides is 2. The van der Waals surface area contributed by atoms with Crippen molar-refractivity contribution in [1.29, 1.82) is 0 Å². The van der Waals surface area contributed by atoms with Crippen molar-refractivity contribution >= 4 is 35.0 Å². The van der Waals surface area contributed by atoms with Crippen molar-refractivity contribution in [3.05, 3.63) is 125 Å². The van der Waals surface area contributed by atoms with Crippen LogP contribution in [0.25, 0.3) is 0 Å². The minimum Gasteiger partial charge on any atom is -0.324 e. The minimum atomic E-state index is -0.463. The SMILES string of the molecule is CCc1cccc(C)c1NC(=O)C(Sc1ccc(NC(=O)c2ccc(F)cc2)cc1)c1ccccc1. The van der Waals surface area contributed by atoms with E-state index in [-0.39, 0.29) is 11.8 Å². The van der Waals surface area contributed by atoms with E-state index >= 15 is 0 Å². The van der Waals surface area contributed by atoms with E-state index in [9.17, 15) is 14.0 Å². The Labute approximate surface area is 215 Å². The molecule has 0 aliphatic carbocycles. The molecule has 1 unspecified atom stereocenters. The quantitative estimate of drug-likeness (QED) is 0.249. The molecule has 0 aliphatic heterocycles. The van der Waals surface area contributed by atoms with E-state index < -0.39 is 11.1 Å². The first-order valence-corrected chi connectivity index (χ1v) is 12.6. The molecule has 2 amide bonds. The zero-order valence-corrected chi connectivity index (χ0v) is 20.9. The number of carbonyl (C=O) groups excluding carboxylic acids is 2. The van der Waals surface area contributed by atoms with Gasteiger partial charge in [0.25, 0.3) is 5.91 Å². The Kier molecular flexibility index (Phi) is 8.18. The lowest BCUT2D eigenvalue weighted by molar-refractivity contribution is -0.115. The van der Waals surface area contributed by atoms with E-state index in [4.69, 9.17) is 0 Å². The third-order valence-electron chi connectivity index (χ3n) is 5.80. The van der Waals surface area contributed by atoms with Crippen LogP contribution in [0.2, 0.25) is 0 Å². The van der Waals surface area contributed by atoms with Gasteiger partial charge in [0.2, 0.25) is 5.91 Å². The molecular formula is C30H27FN2O2S. The van der Waals surface area contributed by atoms with Crippen LogP contribution in [0, 0.1) is 12.7 Å². The van der Waals surface area contributed by atoms with Crippen LogP contribution in [0.3, 0.4) is 0 Å². The molecule has 0 saturated heterocycles. The highest BCUT2D eigenvalue weighted by Gasteiger charge is 2.23. The fourth-order valence-electron chi connectivity index (χ4n) is 3.85. The molecule has 182 valence electrons. The molecule has 0 heterocycles. The van der Waals surface area contributed by atoms with Crippen LogP contribution in [-0.4, -0.2) is 11.8 Å². The van der Waals surface area contributed by atoms with Crippen LogP contribution >= 0.6 is 11.8 Å². The number of thioether (sulfide) groups is 1. The molecule has 6 heteroatoms. The maximum absolute atomic E-state index is 13.5. The van der Waals surface area contributed by atoms with Crippen LogP contribution in [-0.2, 0) is 11.2 Å². The molecule has 0 aromatic heterocycles. The lowest BCUT2D eigenvalue weighted by Crippen LogP contribution is -2.20. The molecule has 0 fully saturated rings. The first kappa shape index (κ1) is 25.2. The van der Waals surface area contributed by atoms with E-state index in [0.717, 1.165) is 33.7 Å². The summed E-state index contributed by atoms with van der Waals surface area (Å²) >= 11 is 1.45. The second kappa shape index (κ2) is 11.7. The second-order valence-corrected chi connectivity index (χ2v) is 9.52. The molecular weight excluding hydrogens is 471 g/mol. The van der Waals surface area contributed by atoms with Crippen molar-refractivity contribution in [1.82, 2.24) is 0 Å². The lowest BCUT2D eigenvalue weighted by atomic mass is 10.1. The topological polar surface area (TPSA) is 58.2 Å². The largest absolute Gasteiger partial charge is 0.324 e. The predicted molar refractivity (Wildman–Crippen MR) is 145 cm³/mol. The summed E-state index contributed by atoms with van der Waals surface area (Å²) < 4.78 is 13.1. The number of benzene rings is 4. The van der Waals surface area contributed by atoms with Crippen LogP contribution < -0.4 is 10.6 Å². The Morgan fingerprint density at radius 3 is 2.19 bits per heavy atom. The van der Waals surface area contributed by atoms with Crippen LogP contribution in [0.1, 0.15) is 39.2 Å². The third-order valence-corrected chi connectivity index (χ3v) is 7.07. The number of anilines is 2. The Bertz CT molecular complexity index is 1340. The number of para-hydroxylation sites is 1. The van der Waals surface area contributed by atoms with Gasteiger partial charge < -0.3 is 10.6 Å². The minimum absolute atomic E-state index is 0.0936. The highest BCUT2D eigenvalue weighted by molar-refractivity contribution is 8.00. The molecule has 0 saturated carbocycles. The number of hydrogen-bond acceptors (Lipinski definition) is 3. The summed E-state index contributed by atoms with van der Waals surface area (Å²) in [5, 5.41) is 5.52. The van der Waals surface area contributed by atoms with Crippen molar-refractivity contribution < 1.29 is 14.0 Å². The molecule has 4 aromatic carbocycles. The molecule has 0 radical (unpaired) electrons. The van der Waals surface area contributed by atoms with Gasteiger partial charge in [-0.3, -0.25) is 9.59 Å². The number of carbonyl (C=O) groups is 2. The van der Waals surface area contributed by atoms with Gasteiger partial charge in [0.05, 0.1) is 0 Å². The van der Waals surface area contributed by atoms with Gasteiger partial charge in [0, 0.05) is 21.8 Å².